The molecule has 2 aromatic heterocycles. The Bertz CT molecular complexity index is 724. The molecule has 1 aliphatic rings. The Kier molecular flexibility index (Phi) is 3.64. The maximum absolute atomic E-state index is 11.9. The van der Waals surface area contributed by atoms with E-state index >= 15 is 0 Å². The summed E-state index contributed by atoms with van der Waals surface area (Å²) in [4.78, 5) is 23.1. The maximum Gasteiger partial charge on any atom is 0.312 e. The predicted molar refractivity (Wildman–Crippen MR) is 82.5 cm³/mol. The number of imidazole rings is 1. The molecule has 1 fully saturated rings. The minimum Gasteiger partial charge on any atom is -0.469 e. The van der Waals surface area contributed by atoms with E-state index in [0.717, 1.165) is 42.4 Å². The van der Waals surface area contributed by atoms with Gasteiger partial charge in [-0.15, -0.1) is 0 Å². The number of hydrogen-bond donors (Lipinski definition) is 0. The second-order valence-electron chi connectivity index (χ2n) is 6.44. The average molecular weight is 302 g/mol. The van der Waals surface area contributed by atoms with Crippen LogP contribution in [0.5, 0.6) is 0 Å². The van der Waals surface area contributed by atoms with Crippen LogP contribution in [0, 0.1) is 19.3 Å². The second kappa shape index (κ2) is 5.35. The molecule has 1 saturated heterocycles. The van der Waals surface area contributed by atoms with E-state index < -0.39 is 5.41 Å². The van der Waals surface area contributed by atoms with Gasteiger partial charge in [0.15, 0.2) is 0 Å². The first-order chi connectivity index (χ1) is 10.4. The molecule has 3 heterocycles. The number of aryl methyl sites for hydroxylation is 2. The van der Waals surface area contributed by atoms with Gasteiger partial charge < -0.3 is 4.74 Å². The number of ether oxygens (including phenoxy) is 1. The molecule has 1 aliphatic heterocycles. The third-order valence-electron chi connectivity index (χ3n) is 4.48. The third-order valence-corrected chi connectivity index (χ3v) is 4.48. The number of hydrogen-bond acceptors (Lipinski definition) is 5. The van der Waals surface area contributed by atoms with E-state index in [1.54, 1.807) is 0 Å². The summed E-state index contributed by atoms with van der Waals surface area (Å²) in [5, 5.41) is 0. The van der Waals surface area contributed by atoms with Crippen molar-refractivity contribution >= 4 is 11.7 Å². The van der Waals surface area contributed by atoms with Gasteiger partial charge in [0.25, 0.3) is 0 Å². The van der Waals surface area contributed by atoms with Crippen LogP contribution >= 0.6 is 0 Å². The van der Waals surface area contributed by atoms with Crippen LogP contribution in [0.2, 0.25) is 0 Å². The van der Waals surface area contributed by atoms with Crippen LogP contribution < -0.4 is 0 Å². The zero-order valence-corrected chi connectivity index (χ0v) is 13.6. The highest BCUT2D eigenvalue weighted by molar-refractivity contribution is 5.77. The van der Waals surface area contributed by atoms with Crippen molar-refractivity contribution in [2.75, 3.05) is 20.2 Å². The molecule has 3 rings (SSSR count). The summed E-state index contributed by atoms with van der Waals surface area (Å²) in [6.45, 7) is 8.38. The molecule has 0 N–H and O–H groups in total. The van der Waals surface area contributed by atoms with Gasteiger partial charge in [0.2, 0.25) is 5.78 Å². The monoisotopic (exact) mass is 302 g/mol. The molecule has 0 bridgehead atoms. The lowest BCUT2D eigenvalue weighted by Gasteiger charge is -2.21. The van der Waals surface area contributed by atoms with Gasteiger partial charge >= 0.3 is 5.97 Å². The summed E-state index contributed by atoms with van der Waals surface area (Å²) >= 11 is 0. The fourth-order valence-corrected chi connectivity index (χ4v) is 3.34. The van der Waals surface area contributed by atoms with Crippen LogP contribution in [-0.4, -0.2) is 45.4 Å². The molecule has 0 saturated carbocycles. The minimum atomic E-state index is -0.404. The summed E-state index contributed by atoms with van der Waals surface area (Å²) in [6.07, 6.45) is 2.70. The second-order valence-corrected chi connectivity index (χ2v) is 6.44. The smallest absolute Gasteiger partial charge is 0.312 e. The van der Waals surface area contributed by atoms with E-state index in [4.69, 9.17) is 4.74 Å². The Hall–Kier alpha value is -1.95. The first-order valence-electron chi connectivity index (χ1n) is 7.54. The Morgan fingerprint density at radius 1 is 1.45 bits per heavy atom. The van der Waals surface area contributed by atoms with Gasteiger partial charge in [-0.1, -0.05) is 0 Å². The van der Waals surface area contributed by atoms with Crippen molar-refractivity contribution in [1.29, 1.82) is 0 Å². The van der Waals surface area contributed by atoms with Crippen molar-refractivity contribution in [3.63, 3.8) is 0 Å². The number of fused-ring (bicyclic) bond motifs is 1. The number of carbonyl (C=O) groups is 1. The van der Waals surface area contributed by atoms with E-state index in [1.807, 2.05) is 20.0 Å². The average Bonchev–Trinajstić information content (AvgIpc) is 3.03. The molecule has 1 atom stereocenters. The summed E-state index contributed by atoms with van der Waals surface area (Å²) in [6, 6.07) is 2.06. The molecule has 0 spiro atoms. The lowest BCUT2D eigenvalue weighted by Crippen LogP contribution is -2.32. The number of likely N-dealkylation sites (tertiary alicyclic amines) is 1. The van der Waals surface area contributed by atoms with Crippen molar-refractivity contribution < 1.29 is 9.53 Å². The van der Waals surface area contributed by atoms with Crippen molar-refractivity contribution in [3.8, 4) is 0 Å². The summed E-state index contributed by atoms with van der Waals surface area (Å²) in [5.41, 5.74) is 2.81. The number of rotatable bonds is 3. The topological polar surface area (TPSA) is 59.7 Å². The van der Waals surface area contributed by atoms with Crippen LogP contribution in [0.4, 0.5) is 0 Å². The number of nitrogens with zero attached hydrogens (tertiary/aromatic N) is 4. The zero-order chi connectivity index (χ0) is 15.9. The minimum absolute atomic E-state index is 0.124. The van der Waals surface area contributed by atoms with Gasteiger partial charge in [-0.3, -0.25) is 14.1 Å². The molecule has 0 aliphatic carbocycles. The first-order valence-corrected chi connectivity index (χ1v) is 7.54. The van der Waals surface area contributed by atoms with Crippen LogP contribution in [0.15, 0.2) is 12.3 Å². The highest BCUT2D eigenvalue weighted by Gasteiger charge is 2.41. The molecule has 22 heavy (non-hydrogen) atoms. The van der Waals surface area contributed by atoms with Gasteiger partial charge in [-0.25, -0.2) is 9.97 Å². The molecule has 2 aromatic rings. The number of esters is 1. The number of methoxy groups -OCH3 is 1. The van der Waals surface area contributed by atoms with E-state index in [9.17, 15) is 4.79 Å². The van der Waals surface area contributed by atoms with Gasteiger partial charge in [0.1, 0.15) is 0 Å². The molecular weight excluding hydrogens is 280 g/mol. The molecule has 1 unspecified atom stereocenters. The van der Waals surface area contributed by atoms with Gasteiger partial charge in [0.05, 0.1) is 24.4 Å². The Morgan fingerprint density at radius 3 is 2.95 bits per heavy atom. The first kappa shape index (κ1) is 15.0. The third kappa shape index (κ3) is 2.47. The summed E-state index contributed by atoms with van der Waals surface area (Å²) < 4.78 is 7.01. The zero-order valence-electron chi connectivity index (χ0n) is 13.6. The summed E-state index contributed by atoms with van der Waals surface area (Å²) in [7, 11) is 1.46. The lowest BCUT2D eigenvalue weighted by atomic mass is 9.90. The summed E-state index contributed by atoms with van der Waals surface area (Å²) in [5.74, 6) is 0.615. The van der Waals surface area contributed by atoms with Crippen LogP contribution in [-0.2, 0) is 16.1 Å². The highest BCUT2D eigenvalue weighted by atomic mass is 16.5. The van der Waals surface area contributed by atoms with Crippen LogP contribution in [0.25, 0.3) is 5.78 Å². The normalized spacial score (nSPS) is 22.4. The lowest BCUT2D eigenvalue weighted by molar-refractivity contribution is -0.151. The van der Waals surface area contributed by atoms with Gasteiger partial charge in [-0.05, 0) is 39.8 Å². The molecule has 118 valence electrons. The van der Waals surface area contributed by atoms with E-state index in [0.29, 0.717) is 6.54 Å². The number of carbonyl (C=O) groups excluding carboxylic acids is 1. The van der Waals surface area contributed by atoms with Gasteiger partial charge in [-0.2, -0.15) is 0 Å². The van der Waals surface area contributed by atoms with Crippen LogP contribution in [0.3, 0.4) is 0 Å². The largest absolute Gasteiger partial charge is 0.469 e. The maximum atomic E-state index is 11.9. The molecule has 0 aromatic carbocycles. The Labute approximate surface area is 130 Å². The molecule has 6 heteroatoms. The van der Waals surface area contributed by atoms with Crippen molar-refractivity contribution in [1.82, 2.24) is 19.3 Å². The highest BCUT2D eigenvalue weighted by Crippen LogP contribution is 2.32. The van der Waals surface area contributed by atoms with E-state index in [1.165, 1.54) is 7.11 Å². The van der Waals surface area contributed by atoms with Crippen LogP contribution in [0.1, 0.15) is 30.4 Å². The fraction of sp³-hybridized carbons (Fsp3) is 0.562. The molecule has 6 nitrogen and oxygen atoms in total. The van der Waals surface area contributed by atoms with Gasteiger partial charge in [0, 0.05) is 24.5 Å². The molecule has 0 radical (unpaired) electrons. The van der Waals surface area contributed by atoms with Crippen molar-refractivity contribution in [2.24, 2.45) is 5.41 Å². The van der Waals surface area contributed by atoms with Crippen molar-refractivity contribution in [3.05, 3.63) is 29.3 Å². The molecule has 0 amide bonds. The Balaban J connectivity index is 1.82. The van der Waals surface area contributed by atoms with E-state index in [2.05, 4.69) is 32.3 Å². The molecular formula is C16H22N4O2. The van der Waals surface area contributed by atoms with E-state index in [-0.39, 0.29) is 5.97 Å². The van der Waals surface area contributed by atoms with Crippen molar-refractivity contribution in [2.45, 2.75) is 33.7 Å². The quantitative estimate of drug-likeness (QED) is 0.808. The number of aromatic nitrogens is 3. The standard InChI is InChI=1S/C16H22N4O2/c1-11-7-12(2)20-13(8-17-15(20)18-11)9-19-6-5-16(3,10-19)14(21)22-4/h7-8H,5-6,9-10H2,1-4H3. The fourth-order valence-electron chi connectivity index (χ4n) is 3.34. The predicted octanol–water partition coefficient (Wildman–Crippen LogP) is 1.73. The SMILES string of the molecule is COC(=O)C1(C)CCN(Cc2cnc3nc(C)cc(C)n23)C1. The Morgan fingerprint density at radius 2 is 2.23 bits per heavy atom.